The first-order valence-corrected chi connectivity index (χ1v) is 9.69. The SMILES string of the molecule is COc1ccc(NC(=O)C(C)OC(=O)c2cc3c(s2)CCCC3)cc1OC. The molecule has 1 N–H and O–H groups in total. The lowest BCUT2D eigenvalue weighted by atomic mass is 9.99. The van der Waals surface area contributed by atoms with Crippen molar-refractivity contribution in [2.45, 2.75) is 38.7 Å². The highest BCUT2D eigenvalue weighted by atomic mass is 32.1. The molecule has 0 aliphatic heterocycles. The number of nitrogens with one attached hydrogen (secondary N) is 1. The minimum atomic E-state index is -0.912. The van der Waals surface area contributed by atoms with Crippen molar-refractivity contribution < 1.29 is 23.8 Å². The van der Waals surface area contributed by atoms with Gasteiger partial charge in [0.25, 0.3) is 5.91 Å². The molecule has 2 aromatic rings. The van der Waals surface area contributed by atoms with Crippen LogP contribution in [0, 0.1) is 0 Å². The van der Waals surface area contributed by atoms with Crippen LogP contribution in [0.5, 0.6) is 11.5 Å². The molecule has 0 bridgehead atoms. The Morgan fingerprint density at radius 3 is 2.52 bits per heavy atom. The van der Waals surface area contributed by atoms with Gasteiger partial charge in [0.15, 0.2) is 17.6 Å². The summed E-state index contributed by atoms with van der Waals surface area (Å²) in [5.74, 6) is 0.210. The Kier molecular flexibility index (Phi) is 6.01. The summed E-state index contributed by atoms with van der Waals surface area (Å²) in [5, 5.41) is 2.73. The number of amides is 1. The molecule has 1 atom stereocenters. The minimum absolute atomic E-state index is 0.406. The van der Waals surface area contributed by atoms with Crippen LogP contribution in [0.2, 0.25) is 0 Å². The molecule has 1 amide bonds. The Morgan fingerprint density at radius 2 is 1.81 bits per heavy atom. The van der Waals surface area contributed by atoms with E-state index in [4.69, 9.17) is 14.2 Å². The third-order valence-corrected chi connectivity index (χ3v) is 5.72. The number of esters is 1. The zero-order chi connectivity index (χ0) is 19.4. The Balaban J connectivity index is 1.62. The molecule has 3 rings (SSSR count). The number of carbonyl (C=O) groups is 2. The lowest BCUT2D eigenvalue weighted by Gasteiger charge is -2.14. The van der Waals surface area contributed by atoms with Gasteiger partial charge in [-0.2, -0.15) is 0 Å². The molecule has 1 aliphatic rings. The molecule has 1 heterocycles. The molecule has 1 aromatic heterocycles. The second kappa shape index (κ2) is 8.43. The van der Waals surface area contributed by atoms with Crippen molar-refractivity contribution in [3.63, 3.8) is 0 Å². The summed E-state index contributed by atoms with van der Waals surface area (Å²) in [7, 11) is 3.06. The van der Waals surface area contributed by atoms with Crippen LogP contribution in [0.15, 0.2) is 24.3 Å². The second-order valence-electron chi connectivity index (χ2n) is 6.37. The summed E-state index contributed by atoms with van der Waals surface area (Å²) in [6, 6.07) is 6.95. The number of carbonyl (C=O) groups excluding carboxylic acids is 2. The summed E-state index contributed by atoms with van der Waals surface area (Å²) in [4.78, 5) is 26.6. The van der Waals surface area contributed by atoms with Gasteiger partial charge in [-0.05, 0) is 56.4 Å². The van der Waals surface area contributed by atoms with Crippen LogP contribution in [-0.4, -0.2) is 32.2 Å². The number of hydrogen-bond donors (Lipinski definition) is 1. The molecule has 7 heteroatoms. The van der Waals surface area contributed by atoms with Gasteiger partial charge in [0.05, 0.1) is 14.2 Å². The van der Waals surface area contributed by atoms with E-state index in [-0.39, 0.29) is 0 Å². The highest BCUT2D eigenvalue weighted by Crippen LogP contribution is 2.31. The molecule has 0 saturated heterocycles. The number of methoxy groups -OCH3 is 2. The molecule has 1 unspecified atom stereocenters. The first-order valence-electron chi connectivity index (χ1n) is 8.87. The van der Waals surface area contributed by atoms with E-state index >= 15 is 0 Å². The van der Waals surface area contributed by atoms with Gasteiger partial charge in [-0.1, -0.05) is 0 Å². The predicted octanol–water partition coefficient (Wildman–Crippen LogP) is 3.83. The van der Waals surface area contributed by atoms with Gasteiger partial charge in [0, 0.05) is 16.6 Å². The topological polar surface area (TPSA) is 73.9 Å². The molecule has 27 heavy (non-hydrogen) atoms. The fourth-order valence-electron chi connectivity index (χ4n) is 3.02. The van der Waals surface area contributed by atoms with Crippen molar-refractivity contribution >= 4 is 28.9 Å². The van der Waals surface area contributed by atoms with Gasteiger partial charge in [-0.3, -0.25) is 4.79 Å². The Morgan fingerprint density at radius 1 is 1.07 bits per heavy atom. The average Bonchev–Trinajstić information content (AvgIpc) is 3.12. The summed E-state index contributed by atoms with van der Waals surface area (Å²) >= 11 is 1.47. The van der Waals surface area contributed by atoms with Gasteiger partial charge >= 0.3 is 5.97 Å². The van der Waals surface area contributed by atoms with E-state index in [2.05, 4.69) is 5.32 Å². The third-order valence-electron chi connectivity index (χ3n) is 4.50. The zero-order valence-corrected chi connectivity index (χ0v) is 16.5. The molecule has 0 fully saturated rings. The summed E-state index contributed by atoms with van der Waals surface area (Å²) < 4.78 is 15.7. The average molecular weight is 389 g/mol. The van der Waals surface area contributed by atoms with Crippen molar-refractivity contribution in [3.8, 4) is 11.5 Å². The number of fused-ring (bicyclic) bond motifs is 1. The van der Waals surface area contributed by atoms with Crippen LogP contribution in [0.1, 0.15) is 39.9 Å². The van der Waals surface area contributed by atoms with E-state index in [0.29, 0.717) is 22.1 Å². The monoisotopic (exact) mass is 389 g/mol. The first kappa shape index (κ1) is 19.2. The van der Waals surface area contributed by atoms with Gasteiger partial charge in [0.1, 0.15) is 4.88 Å². The molecule has 6 nitrogen and oxygen atoms in total. The number of anilines is 1. The predicted molar refractivity (Wildman–Crippen MR) is 104 cm³/mol. The van der Waals surface area contributed by atoms with Crippen LogP contribution < -0.4 is 14.8 Å². The Labute approximate surface area is 162 Å². The lowest BCUT2D eigenvalue weighted by molar-refractivity contribution is -0.123. The minimum Gasteiger partial charge on any atom is -0.493 e. The van der Waals surface area contributed by atoms with E-state index in [0.717, 1.165) is 25.7 Å². The molecular formula is C20H23NO5S. The highest BCUT2D eigenvalue weighted by Gasteiger charge is 2.23. The number of ether oxygens (including phenoxy) is 3. The lowest BCUT2D eigenvalue weighted by Crippen LogP contribution is -2.29. The summed E-state index contributed by atoms with van der Waals surface area (Å²) in [5.41, 5.74) is 1.77. The number of benzene rings is 1. The fraction of sp³-hybridized carbons (Fsp3) is 0.400. The zero-order valence-electron chi connectivity index (χ0n) is 15.7. The van der Waals surface area contributed by atoms with Crippen molar-refractivity contribution in [1.29, 1.82) is 0 Å². The van der Waals surface area contributed by atoms with Gasteiger partial charge in [0.2, 0.25) is 0 Å². The standard InChI is InChI=1S/C20H23NO5S/c1-12(19(22)21-14-8-9-15(24-2)16(11-14)25-3)26-20(23)18-10-13-6-4-5-7-17(13)27-18/h8-12H,4-7H2,1-3H3,(H,21,22). The van der Waals surface area contributed by atoms with E-state index in [1.54, 1.807) is 32.2 Å². The number of hydrogen-bond acceptors (Lipinski definition) is 6. The molecule has 144 valence electrons. The molecule has 1 aromatic carbocycles. The largest absolute Gasteiger partial charge is 0.493 e. The van der Waals surface area contributed by atoms with Gasteiger partial charge in [-0.15, -0.1) is 11.3 Å². The molecular weight excluding hydrogens is 366 g/mol. The third kappa shape index (κ3) is 4.42. The van der Waals surface area contributed by atoms with E-state index in [1.165, 1.54) is 28.9 Å². The number of rotatable bonds is 6. The quantitative estimate of drug-likeness (QED) is 0.760. The molecule has 0 radical (unpaired) electrons. The Hall–Kier alpha value is -2.54. The fourth-order valence-corrected chi connectivity index (χ4v) is 4.16. The van der Waals surface area contributed by atoms with Gasteiger partial charge < -0.3 is 19.5 Å². The maximum Gasteiger partial charge on any atom is 0.349 e. The maximum atomic E-state index is 12.4. The normalized spacial score (nSPS) is 14.0. The highest BCUT2D eigenvalue weighted by molar-refractivity contribution is 7.14. The van der Waals surface area contributed by atoms with Gasteiger partial charge in [-0.25, -0.2) is 4.79 Å². The smallest absolute Gasteiger partial charge is 0.349 e. The number of aryl methyl sites for hydroxylation is 2. The van der Waals surface area contributed by atoms with E-state index < -0.39 is 18.0 Å². The summed E-state index contributed by atoms with van der Waals surface area (Å²) in [6.07, 6.45) is 3.43. The Bertz CT molecular complexity index is 821. The van der Waals surface area contributed by atoms with E-state index in [9.17, 15) is 9.59 Å². The maximum absolute atomic E-state index is 12.4. The summed E-state index contributed by atoms with van der Waals surface area (Å²) in [6.45, 7) is 1.56. The van der Waals surface area contributed by atoms with Crippen molar-refractivity contribution in [2.75, 3.05) is 19.5 Å². The van der Waals surface area contributed by atoms with Crippen LogP contribution in [-0.2, 0) is 22.4 Å². The second-order valence-corrected chi connectivity index (χ2v) is 7.51. The van der Waals surface area contributed by atoms with Crippen molar-refractivity contribution in [3.05, 3.63) is 39.6 Å². The van der Waals surface area contributed by atoms with Crippen LogP contribution in [0.3, 0.4) is 0 Å². The molecule has 1 aliphatic carbocycles. The number of thiophene rings is 1. The molecule has 0 spiro atoms. The van der Waals surface area contributed by atoms with Crippen LogP contribution >= 0.6 is 11.3 Å². The van der Waals surface area contributed by atoms with E-state index in [1.807, 2.05) is 6.07 Å². The molecule has 0 saturated carbocycles. The first-order chi connectivity index (χ1) is 13.0. The van der Waals surface area contributed by atoms with Crippen LogP contribution in [0.25, 0.3) is 0 Å². The van der Waals surface area contributed by atoms with Crippen LogP contribution in [0.4, 0.5) is 5.69 Å². The van der Waals surface area contributed by atoms with Crippen molar-refractivity contribution in [2.24, 2.45) is 0 Å². The van der Waals surface area contributed by atoms with Crippen molar-refractivity contribution in [1.82, 2.24) is 0 Å².